The average molecular weight is 367 g/mol. The lowest BCUT2D eigenvalue weighted by molar-refractivity contribution is 0.410. The molecule has 0 unspecified atom stereocenters. The molecule has 2 N–H and O–H groups in total. The first-order chi connectivity index (χ1) is 13.2. The molecule has 27 heavy (non-hydrogen) atoms. The third-order valence-corrected chi connectivity index (χ3v) is 4.86. The number of anilines is 2. The monoisotopic (exact) mass is 366 g/mol. The highest BCUT2D eigenvalue weighted by Gasteiger charge is 2.06. The Bertz CT molecular complexity index is 773. The van der Waals surface area contributed by atoms with E-state index in [1.54, 1.807) is 12.7 Å². The fourth-order valence-electron chi connectivity index (χ4n) is 3.44. The van der Waals surface area contributed by atoms with E-state index in [4.69, 9.17) is 4.74 Å². The van der Waals surface area contributed by atoms with Gasteiger partial charge in [-0.15, -0.1) is 0 Å². The molecule has 0 spiro atoms. The molecule has 1 aromatic carbocycles. The molecule has 2 aromatic rings. The minimum Gasteiger partial charge on any atom is -0.496 e. The highest BCUT2D eigenvalue weighted by Crippen LogP contribution is 2.20. The van der Waals surface area contributed by atoms with Crippen LogP contribution in [0.4, 0.5) is 11.8 Å². The van der Waals surface area contributed by atoms with Crippen molar-refractivity contribution >= 4 is 11.8 Å². The molecule has 5 heteroatoms. The van der Waals surface area contributed by atoms with Gasteiger partial charge in [0.15, 0.2) is 0 Å². The highest BCUT2D eigenvalue weighted by molar-refractivity contribution is 5.43. The number of hydrogen-bond donors (Lipinski definition) is 2. The summed E-state index contributed by atoms with van der Waals surface area (Å²) in [4.78, 5) is 9.11. The Kier molecular flexibility index (Phi) is 7.08. The van der Waals surface area contributed by atoms with Crippen LogP contribution >= 0.6 is 0 Å². The molecule has 5 nitrogen and oxygen atoms in total. The number of methoxy groups -OCH3 is 1. The molecule has 1 heterocycles. The summed E-state index contributed by atoms with van der Waals surface area (Å²) < 4.78 is 5.41. The molecule has 0 aliphatic heterocycles. The molecular weight excluding hydrogens is 336 g/mol. The summed E-state index contributed by atoms with van der Waals surface area (Å²) in [5, 5.41) is 6.78. The molecule has 144 valence electrons. The number of allylic oxidation sites excluding steroid dienone is 1. The summed E-state index contributed by atoms with van der Waals surface area (Å²) in [5.74, 6) is 2.49. The van der Waals surface area contributed by atoms with Crippen molar-refractivity contribution in [2.45, 2.75) is 45.4 Å². The first kappa shape index (κ1) is 19.2. The van der Waals surface area contributed by atoms with Gasteiger partial charge in [0.1, 0.15) is 11.6 Å². The molecule has 1 aromatic heterocycles. The number of para-hydroxylation sites is 1. The van der Waals surface area contributed by atoms with Gasteiger partial charge < -0.3 is 15.4 Å². The van der Waals surface area contributed by atoms with Crippen LogP contribution in [-0.2, 0) is 6.42 Å². The van der Waals surface area contributed by atoms with Crippen LogP contribution in [-0.4, -0.2) is 30.2 Å². The van der Waals surface area contributed by atoms with Crippen LogP contribution in [0.25, 0.3) is 0 Å². The zero-order chi connectivity index (χ0) is 18.9. The molecule has 0 saturated carbocycles. The number of nitrogens with one attached hydrogen (secondary N) is 2. The van der Waals surface area contributed by atoms with Gasteiger partial charge in [0.2, 0.25) is 5.95 Å². The molecule has 0 bridgehead atoms. The number of aromatic nitrogens is 2. The van der Waals surface area contributed by atoms with E-state index in [2.05, 4.69) is 32.7 Å². The van der Waals surface area contributed by atoms with Crippen LogP contribution < -0.4 is 15.4 Å². The molecule has 1 aliphatic rings. The van der Waals surface area contributed by atoms with E-state index in [1.807, 2.05) is 31.2 Å². The minimum absolute atomic E-state index is 0.700. The zero-order valence-electron chi connectivity index (χ0n) is 16.4. The Balaban J connectivity index is 1.51. The molecule has 0 amide bonds. The van der Waals surface area contributed by atoms with Crippen molar-refractivity contribution in [2.75, 3.05) is 30.8 Å². The SMILES string of the molecule is COc1ccccc1CCNc1cc(C)nc(NCCC2=CCCCC2)n1. The fourth-order valence-corrected chi connectivity index (χ4v) is 3.44. The van der Waals surface area contributed by atoms with Crippen molar-refractivity contribution in [3.8, 4) is 5.75 Å². The van der Waals surface area contributed by atoms with Crippen molar-refractivity contribution in [1.82, 2.24) is 9.97 Å². The second kappa shape index (κ2) is 9.95. The third kappa shape index (κ3) is 5.98. The summed E-state index contributed by atoms with van der Waals surface area (Å²) in [5.41, 5.74) is 3.72. The van der Waals surface area contributed by atoms with Gasteiger partial charge in [-0.05, 0) is 57.1 Å². The number of hydrogen-bond acceptors (Lipinski definition) is 5. The van der Waals surface area contributed by atoms with Crippen LogP contribution in [0.5, 0.6) is 5.75 Å². The van der Waals surface area contributed by atoms with Gasteiger partial charge in [-0.3, -0.25) is 0 Å². The Morgan fingerprint density at radius 1 is 1.04 bits per heavy atom. The smallest absolute Gasteiger partial charge is 0.224 e. The van der Waals surface area contributed by atoms with Gasteiger partial charge in [-0.2, -0.15) is 4.98 Å². The van der Waals surface area contributed by atoms with Crippen LogP contribution in [0.15, 0.2) is 42.0 Å². The van der Waals surface area contributed by atoms with E-state index in [0.29, 0.717) is 5.95 Å². The van der Waals surface area contributed by atoms with Crippen molar-refractivity contribution in [3.63, 3.8) is 0 Å². The second-order valence-electron chi connectivity index (χ2n) is 6.99. The van der Waals surface area contributed by atoms with Crippen LogP contribution in [0.1, 0.15) is 43.4 Å². The lowest BCUT2D eigenvalue weighted by atomic mass is 9.97. The van der Waals surface area contributed by atoms with E-state index < -0.39 is 0 Å². The largest absolute Gasteiger partial charge is 0.496 e. The minimum atomic E-state index is 0.700. The number of benzene rings is 1. The zero-order valence-corrected chi connectivity index (χ0v) is 16.4. The van der Waals surface area contributed by atoms with Gasteiger partial charge in [0.05, 0.1) is 7.11 Å². The number of rotatable bonds is 9. The summed E-state index contributed by atoms with van der Waals surface area (Å²) >= 11 is 0. The van der Waals surface area contributed by atoms with E-state index in [-0.39, 0.29) is 0 Å². The van der Waals surface area contributed by atoms with Crippen LogP contribution in [0.2, 0.25) is 0 Å². The van der Waals surface area contributed by atoms with Crippen LogP contribution in [0.3, 0.4) is 0 Å². The predicted octanol–water partition coefficient (Wildman–Crippen LogP) is 4.75. The Hall–Kier alpha value is -2.56. The quantitative estimate of drug-likeness (QED) is 0.627. The number of nitrogens with zero attached hydrogens (tertiary/aromatic N) is 2. The lowest BCUT2D eigenvalue weighted by Crippen LogP contribution is -2.11. The maximum Gasteiger partial charge on any atom is 0.224 e. The van der Waals surface area contributed by atoms with Gasteiger partial charge in [-0.1, -0.05) is 29.8 Å². The second-order valence-corrected chi connectivity index (χ2v) is 6.99. The summed E-state index contributed by atoms with van der Waals surface area (Å²) in [6.07, 6.45) is 9.49. The number of ether oxygens (including phenoxy) is 1. The Labute approximate surface area is 162 Å². The lowest BCUT2D eigenvalue weighted by Gasteiger charge is -2.14. The molecule has 0 saturated heterocycles. The maximum absolute atomic E-state index is 5.41. The molecule has 0 radical (unpaired) electrons. The van der Waals surface area contributed by atoms with E-state index in [1.165, 1.54) is 31.2 Å². The van der Waals surface area contributed by atoms with Crippen molar-refractivity contribution in [2.24, 2.45) is 0 Å². The van der Waals surface area contributed by atoms with Crippen molar-refractivity contribution in [1.29, 1.82) is 0 Å². The maximum atomic E-state index is 5.41. The summed E-state index contributed by atoms with van der Waals surface area (Å²) in [6, 6.07) is 10.1. The molecule has 1 aliphatic carbocycles. The molecule has 0 atom stereocenters. The first-order valence-electron chi connectivity index (χ1n) is 9.88. The summed E-state index contributed by atoms with van der Waals surface area (Å²) in [6.45, 7) is 3.68. The number of aryl methyl sites for hydroxylation is 1. The molecule has 0 fully saturated rings. The Morgan fingerprint density at radius 2 is 1.89 bits per heavy atom. The normalized spacial score (nSPS) is 13.8. The topological polar surface area (TPSA) is 59.1 Å². The van der Waals surface area contributed by atoms with E-state index >= 15 is 0 Å². The first-order valence-corrected chi connectivity index (χ1v) is 9.88. The van der Waals surface area contributed by atoms with E-state index in [9.17, 15) is 0 Å². The van der Waals surface area contributed by atoms with Crippen LogP contribution in [0, 0.1) is 6.92 Å². The fraction of sp³-hybridized carbons (Fsp3) is 0.455. The van der Waals surface area contributed by atoms with Gasteiger partial charge in [0.25, 0.3) is 0 Å². The van der Waals surface area contributed by atoms with Gasteiger partial charge >= 0.3 is 0 Å². The van der Waals surface area contributed by atoms with E-state index in [0.717, 1.165) is 43.2 Å². The van der Waals surface area contributed by atoms with Gasteiger partial charge in [0, 0.05) is 24.8 Å². The van der Waals surface area contributed by atoms with Gasteiger partial charge in [-0.25, -0.2) is 4.98 Å². The average Bonchev–Trinajstić information content (AvgIpc) is 2.69. The Morgan fingerprint density at radius 3 is 2.70 bits per heavy atom. The van der Waals surface area contributed by atoms with Crippen molar-refractivity contribution < 1.29 is 4.74 Å². The highest BCUT2D eigenvalue weighted by atomic mass is 16.5. The predicted molar refractivity (Wildman–Crippen MR) is 112 cm³/mol. The molecular formula is C22H30N4O. The standard InChI is InChI=1S/C22H30N4O/c1-17-16-21(23-15-13-19-10-6-7-11-20(19)27-2)26-22(25-17)24-14-12-18-8-4-3-5-9-18/h6-8,10-11,16H,3-5,9,12-15H2,1-2H3,(H2,23,24,25,26). The summed E-state index contributed by atoms with van der Waals surface area (Å²) in [7, 11) is 1.71. The molecule has 3 rings (SSSR count). The third-order valence-electron chi connectivity index (χ3n) is 4.86. The van der Waals surface area contributed by atoms with Crippen molar-refractivity contribution in [3.05, 3.63) is 53.2 Å².